The van der Waals surface area contributed by atoms with Crippen molar-refractivity contribution >= 4 is 11.8 Å². The molecule has 5 heteroatoms. The average Bonchev–Trinajstić information content (AvgIpc) is 3.05. The first-order valence-electron chi connectivity index (χ1n) is 7.38. The normalized spacial score (nSPS) is 32.9. The molecule has 0 bridgehead atoms. The van der Waals surface area contributed by atoms with Gasteiger partial charge in [-0.25, -0.2) is 0 Å². The predicted octanol–water partition coefficient (Wildman–Crippen LogP) is -0.0773. The number of hydrogen-bond acceptors (Lipinski definition) is 3. The number of hydrogen-bond donors (Lipinski definition) is 1. The van der Waals surface area contributed by atoms with Crippen LogP contribution >= 0.6 is 0 Å². The minimum Gasteiger partial charge on any atom is -0.339 e. The van der Waals surface area contributed by atoms with Gasteiger partial charge in [-0.15, -0.1) is 0 Å². The summed E-state index contributed by atoms with van der Waals surface area (Å²) in [5.41, 5.74) is 0. The molecule has 2 amide bonds. The van der Waals surface area contributed by atoms with E-state index in [-0.39, 0.29) is 24.3 Å². The van der Waals surface area contributed by atoms with E-state index in [1.165, 1.54) is 6.42 Å². The smallest absolute Gasteiger partial charge is 0.242 e. The van der Waals surface area contributed by atoms with Crippen molar-refractivity contribution in [3.8, 4) is 0 Å². The minimum absolute atomic E-state index is 0.0838. The molecule has 0 radical (unpaired) electrons. The molecule has 0 aromatic rings. The summed E-state index contributed by atoms with van der Waals surface area (Å²) in [5.74, 6) is 2.07. The molecule has 2 aliphatic carbocycles. The second-order valence-electron chi connectivity index (χ2n) is 6.25. The van der Waals surface area contributed by atoms with E-state index in [4.69, 9.17) is 0 Å². The first kappa shape index (κ1) is 12.9. The number of carbonyl (C=O) groups excluding carboxylic acids is 2. The third-order valence-corrected chi connectivity index (χ3v) is 4.81. The Morgan fingerprint density at radius 3 is 2.42 bits per heavy atom. The Morgan fingerprint density at radius 1 is 1.16 bits per heavy atom. The standard InChI is InChI=1S/C14H23N3O2/c1-16(9-13(18)17-4-2-15-3-5-17)14(19)12-7-10-6-11(10)8-12/h10-12,15H,2-9H2,1H3. The first-order valence-corrected chi connectivity index (χ1v) is 7.38. The number of nitrogens with one attached hydrogen (secondary N) is 1. The summed E-state index contributed by atoms with van der Waals surface area (Å²) in [6.07, 6.45) is 3.43. The van der Waals surface area contributed by atoms with E-state index in [2.05, 4.69) is 5.32 Å². The Kier molecular flexibility index (Phi) is 3.48. The zero-order valence-corrected chi connectivity index (χ0v) is 11.6. The minimum atomic E-state index is 0.0838. The van der Waals surface area contributed by atoms with E-state index in [9.17, 15) is 9.59 Å². The van der Waals surface area contributed by atoms with Gasteiger partial charge in [0.1, 0.15) is 0 Å². The molecule has 106 valence electrons. The second-order valence-corrected chi connectivity index (χ2v) is 6.25. The summed E-state index contributed by atoms with van der Waals surface area (Å²) < 4.78 is 0. The molecule has 19 heavy (non-hydrogen) atoms. The summed E-state index contributed by atoms with van der Waals surface area (Å²) >= 11 is 0. The van der Waals surface area contributed by atoms with Crippen LogP contribution in [0.2, 0.25) is 0 Å². The highest BCUT2D eigenvalue weighted by Crippen LogP contribution is 2.54. The van der Waals surface area contributed by atoms with Crippen molar-refractivity contribution in [3.05, 3.63) is 0 Å². The maximum Gasteiger partial charge on any atom is 0.242 e. The van der Waals surface area contributed by atoms with Gasteiger partial charge in [-0.05, 0) is 31.1 Å². The molecule has 2 saturated carbocycles. The lowest BCUT2D eigenvalue weighted by Crippen LogP contribution is -2.50. The molecule has 5 nitrogen and oxygen atoms in total. The van der Waals surface area contributed by atoms with Crippen molar-refractivity contribution in [1.29, 1.82) is 0 Å². The summed E-state index contributed by atoms with van der Waals surface area (Å²) in [7, 11) is 1.77. The molecule has 1 aliphatic heterocycles. The summed E-state index contributed by atoms with van der Waals surface area (Å²) in [6.45, 7) is 3.47. The molecule has 2 atom stereocenters. The van der Waals surface area contributed by atoms with Gasteiger partial charge in [0.05, 0.1) is 6.54 Å². The van der Waals surface area contributed by atoms with E-state index in [1.54, 1.807) is 11.9 Å². The molecule has 3 fully saturated rings. The Morgan fingerprint density at radius 2 is 1.79 bits per heavy atom. The summed E-state index contributed by atoms with van der Waals surface area (Å²) in [6, 6.07) is 0. The van der Waals surface area contributed by atoms with Gasteiger partial charge in [0.25, 0.3) is 0 Å². The molecule has 2 unspecified atom stereocenters. The lowest BCUT2D eigenvalue weighted by molar-refractivity contribution is -0.142. The lowest BCUT2D eigenvalue weighted by Gasteiger charge is -2.30. The number of nitrogens with zero attached hydrogens (tertiary/aromatic N) is 2. The molecule has 1 N–H and O–H groups in total. The second kappa shape index (κ2) is 5.12. The van der Waals surface area contributed by atoms with Crippen LogP contribution in [0, 0.1) is 17.8 Å². The SMILES string of the molecule is CN(CC(=O)N1CCNCC1)C(=O)C1CC2CC2C1. The molecule has 3 aliphatic rings. The fraction of sp³-hybridized carbons (Fsp3) is 0.857. The van der Waals surface area contributed by atoms with Gasteiger partial charge in [0.15, 0.2) is 0 Å². The third-order valence-electron chi connectivity index (χ3n) is 4.81. The van der Waals surface area contributed by atoms with Crippen LogP contribution < -0.4 is 5.32 Å². The number of amides is 2. The van der Waals surface area contributed by atoms with Gasteiger partial charge >= 0.3 is 0 Å². The van der Waals surface area contributed by atoms with Crippen molar-refractivity contribution in [2.45, 2.75) is 19.3 Å². The highest BCUT2D eigenvalue weighted by molar-refractivity contribution is 5.86. The van der Waals surface area contributed by atoms with Crippen LogP contribution in [0.1, 0.15) is 19.3 Å². The molecule has 1 heterocycles. The van der Waals surface area contributed by atoms with Gasteiger partial charge in [-0.1, -0.05) is 0 Å². The Hall–Kier alpha value is -1.10. The summed E-state index contributed by atoms with van der Waals surface area (Å²) in [5, 5.41) is 3.23. The number of carbonyl (C=O) groups is 2. The molecular weight excluding hydrogens is 242 g/mol. The molecule has 0 aromatic carbocycles. The van der Waals surface area contributed by atoms with Crippen molar-refractivity contribution in [3.63, 3.8) is 0 Å². The molecule has 0 spiro atoms. The Bertz CT molecular complexity index is 369. The Labute approximate surface area is 114 Å². The van der Waals surface area contributed by atoms with Gasteiger partial charge in [0, 0.05) is 39.1 Å². The van der Waals surface area contributed by atoms with E-state index < -0.39 is 0 Å². The zero-order chi connectivity index (χ0) is 13.4. The van der Waals surface area contributed by atoms with Crippen LogP contribution in [0.25, 0.3) is 0 Å². The van der Waals surface area contributed by atoms with Crippen molar-refractivity contribution < 1.29 is 9.59 Å². The van der Waals surface area contributed by atoms with Crippen LogP contribution in [0.4, 0.5) is 0 Å². The molecular formula is C14H23N3O2. The topological polar surface area (TPSA) is 52.7 Å². The van der Waals surface area contributed by atoms with Gasteiger partial charge in [-0.3, -0.25) is 9.59 Å². The van der Waals surface area contributed by atoms with Crippen LogP contribution in [0.3, 0.4) is 0 Å². The highest BCUT2D eigenvalue weighted by Gasteiger charge is 2.48. The largest absolute Gasteiger partial charge is 0.339 e. The highest BCUT2D eigenvalue weighted by atomic mass is 16.2. The predicted molar refractivity (Wildman–Crippen MR) is 71.4 cm³/mol. The van der Waals surface area contributed by atoms with Gasteiger partial charge in [-0.2, -0.15) is 0 Å². The van der Waals surface area contributed by atoms with Crippen LogP contribution in [0.15, 0.2) is 0 Å². The van der Waals surface area contributed by atoms with Crippen molar-refractivity contribution in [2.75, 3.05) is 39.8 Å². The van der Waals surface area contributed by atoms with E-state index >= 15 is 0 Å². The quantitative estimate of drug-likeness (QED) is 0.777. The monoisotopic (exact) mass is 265 g/mol. The van der Waals surface area contributed by atoms with Gasteiger partial charge < -0.3 is 15.1 Å². The van der Waals surface area contributed by atoms with Crippen LogP contribution in [0.5, 0.6) is 0 Å². The molecule has 3 rings (SSSR count). The van der Waals surface area contributed by atoms with E-state index in [1.807, 2.05) is 4.90 Å². The average molecular weight is 265 g/mol. The number of likely N-dealkylation sites (N-methyl/N-ethyl adjacent to an activating group) is 1. The Balaban J connectivity index is 1.48. The van der Waals surface area contributed by atoms with Crippen LogP contribution in [-0.2, 0) is 9.59 Å². The molecule has 1 saturated heterocycles. The van der Waals surface area contributed by atoms with Crippen LogP contribution in [-0.4, -0.2) is 61.4 Å². The van der Waals surface area contributed by atoms with Gasteiger partial charge in [0.2, 0.25) is 11.8 Å². The van der Waals surface area contributed by atoms with Crippen molar-refractivity contribution in [2.24, 2.45) is 17.8 Å². The first-order chi connectivity index (χ1) is 9.15. The maximum atomic E-state index is 12.3. The lowest BCUT2D eigenvalue weighted by atomic mass is 10.0. The fourth-order valence-corrected chi connectivity index (χ4v) is 3.52. The fourth-order valence-electron chi connectivity index (χ4n) is 3.52. The zero-order valence-electron chi connectivity index (χ0n) is 11.6. The number of fused-ring (bicyclic) bond motifs is 1. The number of piperazine rings is 1. The van der Waals surface area contributed by atoms with E-state index in [0.717, 1.165) is 50.9 Å². The maximum absolute atomic E-state index is 12.3. The number of rotatable bonds is 3. The summed E-state index contributed by atoms with van der Waals surface area (Å²) in [4.78, 5) is 27.9. The third kappa shape index (κ3) is 2.76. The molecule has 0 aromatic heterocycles. The van der Waals surface area contributed by atoms with Crippen molar-refractivity contribution in [1.82, 2.24) is 15.1 Å². The van der Waals surface area contributed by atoms with E-state index in [0.29, 0.717) is 0 Å².